The molecule has 2 unspecified atom stereocenters. The molecule has 0 radical (unpaired) electrons. The molecule has 0 spiro atoms. The highest BCUT2D eigenvalue weighted by atomic mass is 16.5. The molecule has 3 rings (SSSR count). The number of pyridine rings is 1. The van der Waals surface area contributed by atoms with Gasteiger partial charge in [-0.3, -0.25) is 9.78 Å². The molecule has 1 aromatic heterocycles. The summed E-state index contributed by atoms with van der Waals surface area (Å²) in [5, 5.41) is 0. The van der Waals surface area contributed by atoms with E-state index < -0.39 is 0 Å². The van der Waals surface area contributed by atoms with E-state index in [1.54, 1.807) is 24.5 Å². The van der Waals surface area contributed by atoms with Crippen LogP contribution in [0.1, 0.15) is 34.5 Å². The molecule has 4 heteroatoms. The van der Waals surface area contributed by atoms with E-state index in [2.05, 4.69) is 36.2 Å². The van der Waals surface area contributed by atoms with Gasteiger partial charge in [-0.05, 0) is 31.5 Å². The third kappa shape index (κ3) is 3.02. The first-order chi connectivity index (χ1) is 10.6. The lowest BCUT2D eigenvalue weighted by molar-refractivity contribution is -0.0486. The summed E-state index contributed by atoms with van der Waals surface area (Å²) < 4.78 is 5.92. The van der Waals surface area contributed by atoms with Crippen LogP contribution < -0.4 is 0 Å². The van der Waals surface area contributed by atoms with E-state index >= 15 is 0 Å². The van der Waals surface area contributed by atoms with Gasteiger partial charge in [0.15, 0.2) is 0 Å². The average molecular weight is 296 g/mol. The van der Waals surface area contributed by atoms with Crippen molar-refractivity contribution in [2.45, 2.75) is 26.0 Å². The maximum atomic E-state index is 12.7. The topological polar surface area (TPSA) is 42.4 Å². The summed E-state index contributed by atoms with van der Waals surface area (Å²) >= 11 is 0. The number of hydrogen-bond acceptors (Lipinski definition) is 3. The Balaban J connectivity index is 1.79. The summed E-state index contributed by atoms with van der Waals surface area (Å²) in [7, 11) is 0. The van der Waals surface area contributed by atoms with E-state index in [1.807, 2.05) is 11.8 Å². The highest BCUT2D eigenvalue weighted by Gasteiger charge is 2.31. The average Bonchev–Trinajstić information content (AvgIpc) is 2.56. The van der Waals surface area contributed by atoms with Crippen molar-refractivity contribution >= 4 is 5.91 Å². The fourth-order valence-electron chi connectivity index (χ4n) is 2.68. The van der Waals surface area contributed by atoms with E-state index in [1.165, 1.54) is 5.56 Å². The predicted octanol–water partition coefficient (Wildman–Crippen LogP) is 2.99. The highest BCUT2D eigenvalue weighted by Crippen LogP contribution is 2.26. The maximum Gasteiger partial charge on any atom is 0.255 e. The van der Waals surface area contributed by atoms with Crippen molar-refractivity contribution < 1.29 is 9.53 Å². The third-order valence-corrected chi connectivity index (χ3v) is 4.05. The number of morpholine rings is 1. The lowest BCUT2D eigenvalue weighted by Gasteiger charge is -2.38. The molecule has 114 valence electrons. The summed E-state index contributed by atoms with van der Waals surface area (Å²) in [6.45, 7) is 5.19. The Morgan fingerprint density at radius 3 is 2.73 bits per heavy atom. The van der Waals surface area contributed by atoms with E-state index in [0.717, 1.165) is 5.56 Å². The quantitative estimate of drug-likeness (QED) is 0.855. The zero-order valence-electron chi connectivity index (χ0n) is 12.9. The maximum absolute atomic E-state index is 12.7. The molecule has 0 N–H and O–H groups in total. The Morgan fingerprint density at radius 2 is 2.05 bits per heavy atom. The molecular formula is C18H20N2O2. The van der Waals surface area contributed by atoms with E-state index in [-0.39, 0.29) is 18.1 Å². The van der Waals surface area contributed by atoms with Crippen LogP contribution in [-0.4, -0.2) is 35.0 Å². The van der Waals surface area contributed by atoms with Crippen LogP contribution in [0.15, 0.2) is 48.8 Å². The molecule has 1 saturated heterocycles. The largest absolute Gasteiger partial charge is 0.370 e. The molecule has 0 bridgehead atoms. The van der Waals surface area contributed by atoms with Gasteiger partial charge in [0.1, 0.15) is 6.10 Å². The number of carbonyl (C=O) groups is 1. The number of rotatable bonds is 2. The van der Waals surface area contributed by atoms with Crippen LogP contribution in [-0.2, 0) is 4.74 Å². The van der Waals surface area contributed by atoms with Crippen LogP contribution in [0, 0.1) is 6.92 Å². The van der Waals surface area contributed by atoms with Gasteiger partial charge in [0.2, 0.25) is 0 Å². The molecule has 2 aromatic rings. The van der Waals surface area contributed by atoms with E-state index in [9.17, 15) is 4.79 Å². The highest BCUT2D eigenvalue weighted by molar-refractivity contribution is 5.94. The smallest absolute Gasteiger partial charge is 0.255 e. The number of aromatic nitrogens is 1. The fraction of sp³-hybridized carbons (Fsp3) is 0.333. The molecule has 1 amide bonds. The van der Waals surface area contributed by atoms with Crippen molar-refractivity contribution in [2.75, 3.05) is 13.2 Å². The van der Waals surface area contributed by atoms with Crippen LogP contribution in [0.5, 0.6) is 0 Å². The minimum atomic E-state index is -0.0718. The first-order valence-electron chi connectivity index (χ1n) is 7.54. The monoisotopic (exact) mass is 296 g/mol. The predicted molar refractivity (Wildman–Crippen MR) is 84.6 cm³/mol. The Morgan fingerprint density at radius 1 is 1.27 bits per heavy atom. The van der Waals surface area contributed by atoms with Crippen LogP contribution >= 0.6 is 0 Å². The van der Waals surface area contributed by atoms with Gasteiger partial charge in [-0.1, -0.05) is 29.8 Å². The molecule has 1 fully saturated rings. The SMILES string of the molecule is Cc1ccc(C2CN(C(=O)c3cccnc3)C(C)CO2)cc1. The zero-order valence-corrected chi connectivity index (χ0v) is 12.9. The Labute approximate surface area is 130 Å². The number of carbonyl (C=O) groups excluding carboxylic acids is 1. The van der Waals surface area contributed by atoms with Crippen molar-refractivity contribution in [3.8, 4) is 0 Å². The molecule has 1 aliphatic heterocycles. The molecule has 2 heterocycles. The number of ether oxygens (including phenoxy) is 1. The second-order valence-electron chi connectivity index (χ2n) is 5.78. The number of hydrogen-bond donors (Lipinski definition) is 0. The van der Waals surface area contributed by atoms with Gasteiger partial charge in [0.25, 0.3) is 5.91 Å². The first-order valence-corrected chi connectivity index (χ1v) is 7.54. The van der Waals surface area contributed by atoms with Crippen molar-refractivity contribution in [3.63, 3.8) is 0 Å². The van der Waals surface area contributed by atoms with Crippen molar-refractivity contribution in [3.05, 3.63) is 65.5 Å². The number of aryl methyl sites for hydroxylation is 1. The van der Waals surface area contributed by atoms with Gasteiger partial charge in [-0.25, -0.2) is 0 Å². The minimum Gasteiger partial charge on any atom is -0.370 e. The normalized spacial score (nSPS) is 21.6. The summed E-state index contributed by atoms with van der Waals surface area (Å²) in [5.41, 5.74) is 2.96. The number of benzene rings is 1. The van der Waals surface area contributed by atoms with Gasteiger partial charge < -0.3 is 9.64 Å². The summed E-state index contributed by atoms with van der Waals surface area (Å²) in [6.07, 6.45) is 3.22. The van der Waals surface area contributed by atoms with Gasteiger partial charge in [-0.2, -0.15) is 0 Å². The standard InChI is InChI=1S/C18H20N2O2/c1-13-5-7-15(8-6-13)17-11-20(14(2)12-22-17)18(21)16-4-3-9-19-10-16/h3-10,14,17H,11-12H2,1-2H3. The summed E-state index contributed by atoms with van der Waals surface area (Å²) in [6, 6.07) is 11.9. The summed E-state index contributed by atoms with van der Waals surface area (Å²) in [5.74, 6) is 0.0148. The molecular weight excluding hydrogens is 276 g/mol. The number of nitrogens with zero attached hydrogens (tertiary/aromatic N) is 2. The Kier molecular flexibility index (Phi) is 4.20. The van der Waals surface area contributed by atoms with Crippen molar-refractivity contribution in [1.29, 1.82) is 0 Å². The van der Waals surface area contributed by atoms with Crippen LogP contribution in [0.4, 0.5) is 0 Å². The second kappa shape index (κ2) is 6.28. The molecule has 2 atom stereocenters. The van der Waals surface area contributed by atoms with Gasteiger partial charge in [-0.15, -0.1) is 0 Å². The summed E-state index contributed by atoms with van der Waals surface area (Å²) in [4.78, 5) is 18.6. The van der Waals surface area contributed by atoms with Crippen molar-refractivity contribution in [2.24, 2.45) is 0 Å². The van der Waals surface area contributed by atoms with Crippen LogP contribution in [0.2, 0.25) is 0 Å². The van der Waals surface area contributed by atoms with E-state index in [4.69, 9.17) is 4.74 Å². The first kappa shape index (κ1) is 14.7. The molecule has 4 nitrogen and oxygen atoms in total. The van der Waals surface area contributed by atoms with Gasteiger partial charge >= 0.3 is 0 Å². The molecule has 0 saturated carbocycles. The number of amides is 1. The lowest BCUT2D eigenvalue weighted by Crippen LogP contribution is -2.48. The zero-order chi connectivity index (χ0) is 15.5. The fourth-order valence-corrected chi connectivity index (χ4v) is 2.68. The molecule has 1 aliphatic rings. The van der Waals surface area contributed by atoms with Gasteiger partial charge in [0, 0.05) is 12.4 Å². The molecule has 0 aliphatic carbocycles. The second-order valence-corrected chi connectivity index (χ2v) is 5.78. The van der Waals surface area contributed by atoms with Crippen LogP contribution in [0.3, 0.4) is 0 Å². The minimum absolute atomic E-state index is 0.0148. The lowest BCUT2D eigenvalue weighted by atomic mass is 10.0. The van der Waals surface area contributed by atoms with Gasteiger partial charge in [0.05, 0.1) is 24.8 Å². The van der Waals surface area contributed by atoms with E-state index in [0.29, 0.717) is 18.7 Å². The molecule has 22 heavy (non-hydrogen) atoms. The Bertz CT molecular complexity index is 640. The third-order valence-electron chi connectivity index (χ3n) is 4.05. The molecule has 1 aromatic carbocycles. The van der Waals surface area contributed by atoms with Crippen molar-refractivity contribution in [1.82, 2.24) is 9.88 Å². The Hall–Kier alpha value is -2.20. The van der Waals surface area contributed by atoms with Crippen LogP contribution in [0.25, 0.3) is 0 Å².